The van der Waals surface area contributed by atoms with Crippen LogP contribution in [0.1, 0.15) is 22.3 Å². The molecule has 0 saturated heterocycles. The van der Waals surface area contributed by atoms with Crippen LogP contribution in [-0.4, -0.2) is 14.5 Å². The molecule has 0 radical (unpaired) electrons. The molecule has 14 rings (SSSR count). The first-order valence-electron chi connectivity index (χ1n) is 20.2. The SMILES string of the molecule is c1ccc(-c2nc(-c3cc(-n4c5cccc6c5c5c7c(cccc7ccc54)C64c5ccccc5-c5ccccc54)cc4oc5ccccc5c34)nc3ccccc23)cc1. The lowest BCUT2D eigenvalue weighted by molar-refractivity contribution is 0.668. The van der Waals surface area contributed by atoms with E-state index in [0.717, 1.165) is 66.4 Å². The third-order valence-electron chi connectivity index (χ3n) is 13.2. The largest absolute Gasteiger partial charge is 0.456 e. The molecule has 9 aromatic carbocycles. The Morgan fingerprint density at radius 3 is 1.92 bits per heavy atom. The summed E-state index contributed by atoms with van der Waals surface area (Å²) < 4.78 is 9.22. The minimum absolute atomic E-state index is 0.472. The summed E-state index contributed by atoms with van der Waals surface area (Å²) in [6.07, 6.45) is 0. The molecule has 2 aliphatic carbocycles. The van der Waals surface area contributed by atoms with Crippen LogP contribution in [0, 0.1) is 0 Å². The lowest BCUT2D eigenvalue weighted by Gasteiger charge is -2.37. The average molecular weight is 750 g/mol. The van der Waals surface area contributed by atoms with Gasteiger partial charge < -0.3 is 8.98 Å². The van der Waals surface area contributed by atoms with E-state index in [1.807, 2.05) is 12.1 Å². The van der Waals surface area contributed by atoms with Gasteiger partial charge in [-0.3, -0.25) is 0 Å². The number of benzene rings is 9. The van der Waals surface area contributed by atoms with Gasteiger partial charge in [0.05, 0.1) is 33.3 Å². The maximum absolute atomic E-state index is 6.77. The minimum Gasteiger partial charge on any atom is -0.456 e. The smallest absolute Gasteiger partial charge is 0.161 e. The highest BCUT2D eigenvalue weighted by Crippen LogP contribution is 2.62. The molecule has 0 fully saturated rings. The van der Waals surface area contributed by atoms with Gasteiger partial charge in [0, 0.05) is 44.1 Å². The second-order valence-corrected chi connectivity index (χ2v) is 16.0. The molecule has 0 bridgehead atoms. The summed E-state index contributed by atoms with van der Waals surface area (Å²) in [6.45, 7) is 0. The standard InChI is InChI=1S/C55H31N3O/c1-2-14-33(15-3-1)53-37-19-6-10-25-44(37)56-54(57-53)39-30-34(31-48-50(39)38-20-7-11-27-47(38)59-48)58-45-26-13-24-43-51(45)52-46(58)29-28-32-16-12-23-42(49(32)52)55(43)40-21-8-4-17-35(40)36-18-5-9-22-41(36)55/h1-31H. The van der Waals surface area contributed by atoms with Gasteiger partial charge in [0.2, 0.25) is 0 Å². The Hall–Kier alpha value is -7.82. The summed E-state index contributed by atoms with van der Waals surface area (Å²) in [6, 6.07) is 68.0. The van der Waals surface area contributed by atoms with E-state index in [4.69, 9.17) is 14.4 Å². The molecule has 0 saturated carbocycles. The van der Waals surface area contributed by atoms with Crippen molar-refractivity contribution < 1.29 is 4.42 Å². The molecular weight excluding hydrogens is 719 g/mol. The maximum atomic E-state index is 6.77. The van der Waals surface area contributed by atoms with Crippen molar-refractivity contribution >= 4 is 65.4 Å². The average Bonchev–Trinajstić information content (AvgIpc) is 3.95. The Morgan fingerprint density at radius 2 is 1.08 bits per heavy atom. The van der Waals surface area contributed by atoms with Crippen molar-refractivity contribution in [3.8, 4) is 39.5 Å². The second kappa shape index (κ2) is 11.2. The summed E-state index contributed by atoms with van der Waals surface area (Å²) in [7, 11) is 0. The fraction of sp³-hybridized carbons (Fsp3) is 0.0182. The van der Waals surface area contributed by atoms with Crippen molar-refractivity contribution in [2.75, 3.05) is 0 Å². The Bertz CT molecular complexity index is 3750. The normalized spacial score (nSPS) is 13.6. The number of fused-ring (bicyclic) bond motifs is 11. The van der Waals surface area contributed by atoms with Crippen molar-refractivity contribution in [2.45, 2.75) is 5.41 Å². The van der Waals surface area contributed by atoms with Gasteiger partial charge in [0.1, 0.15) is 11.2 Å². The van der Waals surface area contributed by atoms with Gasteiger partial charge >= 0.3 is 0 Å². The first-order valence-corrected chi connectivity index (χ1v) is 20.2. The molecule has 272 valence electrons. The Labute approximate surface area is 338 Å². The molecule has 0 atom stereocenters. The fourth-order valence-corrected chi connectivity index (χ4v) is 10.9. The number of hydrogen-bond acceptors (Lipinski definition) is 3. The summed E-state index contributed by atoms with van der Waals surface area (Å²) in [4.78, 5) is 10.7. The van der Waals surface area contributed by atoms with E-state index in [9.17, 15) is 0 Å². The molecule has 12 aromatic rings. The van der Waals surface area contributed by atoms with Crippen LogP contribution in [0.3, 0.4) is 0 Å². The van der Waals surface area contributed by atoms with Crippen LogP contribution in [0.4, 0.5) is 0 Å². The molecule has 0 N–H and O–H groups in total. The quantitative estimate of drug-likeness (QED) is 0.181. The number of furan rings is 1. The van der Waals surface area contributed by atoms with Crippen LogP contribution in [0.5, 0.6) is 0 Å². The Balaban J connectivity index is 1.13. The molecule has 0 unspecified atom stereocenters. The number of rotatable bonds is 3. The van der Waals surface area contributed by atoms with E-state index < -0.39 is 5.41 Å². The number of hydrogen-bond donors (Lipinski definition) is 0. The molecule has 2 aliphatic rings. The molecule has 0 aliphatic heterocycles. The maximum Gasteiger partial charge on any atom is 0.161 e. The van der Waals surface area contributed by atoms with Crippen LogP contribution in [0.25, 0.3) is 105 Å². The van der Waals surface area contributed by atoms with Crippen LogP contribution in [-0.2, 0) is 5.41 Å². The molecule has 59 heavy (non-hydrogen) atoms. The highest BCUT2D eigenvalue weighted by Gasteiger charge is 2.50. The van der Waals surface area contributed by atoms with E-state index in [0.29, 0.717) is 5.82 Å². The van der Waals surface area contributed by atoms with Gasteiger partial charge in [-0.05, 0) is 74.5 Å². The van der Waals surface area contributed by atoms with Crippen LogP contribution >= 0.6 is 0 Å². The van der Waals surface area contributed by atoms with Crippen molar-refractivity contribution in [3.05, 3.63) is 210 Å². The summed E-state index contributed by atoms with van der Waals surface area (Å²) >= 11 is 0. The van der Waals surface area contributed by atoms with Gasteiger partial charge in [-0.1, -0.05) is 152 Å². The van der Waals surface area contributed by atoms with E-state index in [1.54, 1.807) is 0 Å². The highest BCUT2D eigenvalue weighted by molar-refractivity contribution is 6.27. The van der Waals surface area contributed by atoms with Crippen molar-refractivity contribution in [1.82, 2.24) is 14.5 Å². The third-order valence-corrected chi connectivity index (χ3v) is 13.2. The van der Waals surface area contributed by atoms with Gasteiger partial charge in [-0.2, -0.15) is 0 Å². The first kappa shape index (κ1) is 31.3. The van der Waals surface area contributed by atoms with E-state index >= 15 is 0 Å². The lowest BCUT2D eigenvalue weighted by atomic mass is 9.63. The second-order valence-electron chi connectivity index (χ2n) is 16.0. The molecule has 3 heterocycles. The minimum atomic E-state index is -0.472. The monoisotopic (exact) mass is 749 g/mol. The van der Waals surface area contributed by atoms with Crippen molar-refractivity contribution in [3.63, 3.8) is 0 Å². The van der Waals surface area contributed by atoms with Gasteiger partial charge in [-0.25, -0.2) is 9.97 Å². The zero-order valence-corrected chi connectivity index (χ0v) is 31.6. The van der Waals surface area contributed by atoms with Gasteiger partial charge in [0.25, 0.3) is 0 Å². The van der Waals surface area contributed by atoms with Crippen LogP contribution < -0.4 is 0 Å². The van der Waals surface area contributed by atoms with Crippen molar-refractivity contribution in [2.24, 2.45) is 0 Å². The molecular formula is C55H31N3O. The Morgan fingerprint density at radius 1 is 0.424 bits per heavy atom. The zero-order valence-electron chi connectivity index (χ0n) is 31.6. The summed E-state index contributed by atoms with van der Waals surface area (Å²) in [5.74, 6) is 0.664. The number of para-hydroxylation sites is 2. The number of nitrogens with zero attached hydrogens (tertiary/aromatic N) is 3. The predicted molar refractivity (Wildman–Crippen MR) is 240 cm³/mol. The van der Waals surface area contributed by atoms with Crippen molar-refractivity contribution in [1.29, 1.82) is 0 Å². The molecule has 0 amide bonds. The van der Waals surface area contributed by atoms with Crippen LogP contribution in [0.2, 0.25) is 0 Å². The molecule has 4 heteroatoms. The first-order chi connectivity index (χ1) is 29.3. The van der Waals surface area contributed by atoms with Crippen LogP contribution in [0.15, 0.2) is 192 Å². The third kappa shape index (κ3) is 3.88. The summed E-state index contributed by atoms with van der Waals surface area (Å²) in [5, 5.41) is 8.21. The lowest BCUT2D eigenvalue weighted by Crippen LogP contribution is -2.30. The highest BCUT2D eigenvalue weighted by atomic mass is 16.3. The molecule has 4 nitrogen and oxygen atoms in total. The fourth-order valence-electron chi connectivity index (χ4n) is 10.9. The summed E-state index contributed by atoms with van der Waals surface area (Å²) in [5.41, 5.74) is 16.2. The van der Waals surface area contributed by atoms with Gasteiger partial charge in [-0.15, -0.1) is 0 Å². The van der Waals surface area contributed by atoms with E-state index in [1.165, 1.54) is 54.9 Å². The number of aromatic nitrogens is 3. The topological polar surface area (TPSA) is 43.9 Å². The molecule has 3 aromatic heterocycles. The van der Waals surface area contributed by atoms with E-state index in [-0.39, 0.29) is 0 Å². The zero-order chi connectivity index (χ0) is 38.4. The van der Waals surface area contributed by atoms with Gasteiger partial charge in [0.15, 0.2) is 5.82 Å². The Kier molecular flexibility index (Phi) is 5.93. The predicted octanol–water partition coefficient (Wildman–Crippen LogP) is 13.8. The van der Waals surface area contributed by atoms with E-state index in [2.05, 4.69) is 180 Å². The molecule has 1 spiro atoms.